The van der Waals surface area contributed by atoms with Crippen molar-refractivity contribution in [2.75, 3.05) is 20.3 Å². The Morgan fingerprint density at radius 2 is 2.29 bits per heavy atom. The van der Waals surface area contributed by atoms with Gasteiger partial charge in [0.1, 0.15) is 6.54 Å². The number of fused-ring (bicyclic) bond motifs is 1. The molecule has 2 rings (SSSR count). The molecule has 0 saturated heterocycles. The van der Waals surface area contributed by atoms with Crippen LogP contribution in [0.5, 0.6) is 0 Å². The Kier molecular flexibility index (Phi) is 5.36. The molecule has 118 valence electrons. The third kappa shape index (κ3) is 4.04. The molecule has 0 fully saturated rings. The van der Waals surface area contributed by atoms with Gasteiger partial charge in [0.2, 0.25) is 5.91 Å². The molecule has 6 nitrogen and oxygen atoms in total. The molecule has 1 amide bonds. The number of nitrogens with one attached hydrogen (secondary N) is 1. The third-order valence-corrected chi connectivity index (χ3v) is 3.99. The molecule has 0 radical (unpaired) electrons. The molecule has 0 aliphatic heterocycles. The number of imidazole rings is 1. The summed E-state index contributed by atoms with van der Waals surface area (Å²) in [6.07, 6.45) is 6.57. The van der Waals surface area contributed by atoms with E-state index in [0.717, 1.165) is 25.0 Å². The molecule has 6 heteroatoms. The van der Waals surface area contributed by atoms with Gasteiger partial charge in [-0.3, -0.25) is 4.79 Å². The number of amides is 1. The van der Waals surface area contributed by atoms with Crippen molar-refractivity contribution in [2.45, 2.75) is 51.1 Å². The fraction of sp³-hybridized carbons (Fsp3) is 0.733. The van der Waals surface area contributed by atoms with E-state index < -0.39 is 5.54 Å². The summed E-state index contributed by atoms with van der Waals surface area (Å²) in [6.45, 7) is 2.54. The number of nitrogens with zero attached hydrogens (tertiary/aromatic N) is 2. The average molecular weight is 295 g/mol. The van der Waals surface area contributed by atoms with E-state index in [1.54, 1.807) is 13.4 Å². The van der Waals surface area contributed by atoms with Crippen LogP contribution >= 0.6 is 0 Å². The fourth-order valence-corrected chi connectivity index (χ4v) is 2.93. The smallest absolute Gasteiger partial charge is 0.240 e. The Morgan fingerprint density at radius 1 is 1.52 bits per heavy atom. The van der Waals surface area contributed by atoms with Gasteiger partial charge in [0.05, 0.1) is 24.2 Å². The lowest BCUT2D eigenvalue weighted by Crippen LogP contribution is -2.51. The van der Waals surface area contributed by atoms with Crippen molar-refractivity contribution < 1.29 is 14.6 Å². The highest BCUT2D eigenvalue weighted by Crippen LogP contribution is 2.19. The Bertz CT molecular complexity index is 479. The molecule has 0 saturated carbocycles. The summed E-state index contributed by atoms with van der Waals surface area (Å²) in [7, 11) is 1.59. The van der Waals surface area contributed by atoms with E-state index in [1.807, 2.05) is 11.5 Å². The number of aliphatic hydroxyl groups excluding tert-OH is 1. The van der Waals surface area contributed by atoms with Crippen LogP contribution in [0.15, 0.2) is 6.33 Å². The van der Waals surface area contributed by atoms with E-state index in [1.165, 1.54) is 12.1 Å². The van der Waals surface area contributed by atoms with Crippen molar-refractivity contribution in [1.82, 2.24) is 14.9 Å². The molecular formula is C15H25N3O3. The Balaban J connectivity index is 1.99. The van der Waals surface area contributed by atoms with Crippen LogP contribution in [0.4, 0.5) is 0 Å². The topological polar surface area (TPSA) is 76.4 Å². The summed E-state index contributed by atoms with van der Waals surface area (Å²) in [5.41, 5.74) is 1.78. The van der Waals surface area contributed by atoms with Gasteiger partial charge < -0.3 is 19.7 Å². The second kappa shape index (κ2) is 7.04. The predicted octanol–water partition coefficient (Wildman–Crippen LogP) is 0.666. The summed E-state index contributed by atoms with van der Waals surface area (Å²) < 4.78 is 7.08. The van der Waals surface area contributed by atoms with Crippen LogP contribution in [-0.4, -0.2) is 46.4 Å². The first kappa shape index (κ1) is 16.0. The quantitative estimate of drug-likeness (QED) is 0.775. The number of methoxy groups -OCH3 is 1. The zero-order valence-corrected chi connectivity index (χ0v) is 12.9. The van der Waals surface area contributed by atoms with E-state index in [-0.39, 0.29) is 19.1 Å². The number of hydrogen-bond donors (Lipinski definition) is 2. The largest absolute Gasteiger partial charge is 0.396 e. The maximum atomic E-state index is 12.3. The number of aryl methyl sites for hydroxylation is 1. The van der Waals surface area contributed by atoms with Crippen molar-refractivity contribution >= 4 is 5.91 Å². The van der Waals surface area contributed by atoms with E-state index in [4.69, 9.17) is 9.84 Å². The van der Waals surface area contributed by atoms with Gasteiger partial charge in [0.25, 0.3) is 0 Å². The number of hydrogen-bond acceptors (Lipinski definition) is 4. The van der Waals surface area contributed by atoms with Crippen LogP contribution in [0.2, 0.25) is 0 Å². The van der Waals surface area contributed by atoms with Gasteiger partial charge in [-0.1, -0.05) is 0 Å². The highest BCUT2D eigenvalue weighted by Gasteiger charge is 2.26. The Morgan fingerprint density at radius 3 is 3.00 bits per heavy atom. The van der Waals surface area contributed by atoms with Gasteiger partial charge in [0.15, 0.2) is 0 Å². The molecule has 1 unspecified atom stereocenters. The second-order valence-electron chi connectivity index (χ2n) is 5.99. The number of carbonyl (C=O) groups excluding carboxylic acids is 1. The standard InChI is InChI=1S/C15H25N3O3/c1-15(7-8-19,10-21-2)17-14(20)9-18-11-16-12-5-3-4-6-13(12)18/h11,19H,3-10H2,1-2H3,(H,17,20). The van der Waals surface area contributed by atoms with Gasteiger partial charge in [-0.05, 0) is 39.0 Å². The second-order valence-corrected chi connectivity index (χ2v) is 5.99. The Hall–Kier alpha value is -1.40. The van der Waals surface area contributed by atoms with Crippen molar-refractivity contribution in [2.24, 2.45) is 0 Å². The van der Waals surface area contributed by atoms with Crippen molar-refractivity contribution in [3.05, 3.63) is 17.7 Å². The first-order chi connectivity index (χ1) is 10.1. The van der Waals surface area contributed by atoms with Gasteiger partial charge in [-0.15, -0.1) is 0 Å². The van der Waals surface area contributed by atoms with E-state index in [2.05, 4.69) is 10.3 Å². The first-order valence-electron chi connectivity index (χ1n) is 7.51. The zero-order valence-electron chi connectivity index (χ0n) is 12.9. The normalized spacial score (nSPS) is 17.1. The lowest BCUT2D eigenvalue weighted by Gasteiger charge is -2.29. The molecule has 2 N–H and O–H groups in total. The molecule has 1 aromatic heterocycles. The fourth-order valence-electron chi connectivity index (χ4n) is 2.93. The molecule has 21 heavy (non-hydrogen) atoms. The maximum absolute atomic E-state index is 12.3. The summed E-state index contributed by atoms with van der Waals surface area (Å²) in [4.78, 5) is 16.7. The van der Waals surface area contributed by atoms with Crippen LogP contribution in [0, 0.1) is 0 Å². The number of aromatic nitrogens is 2. The van der Waals surface area contributed by atoms with Gasteiger partial charge in [0, 0.05) is 19.4 Å². The zero-order chi connectivity index (χ0) is 15.3. The van der Waals surface area contributed by atoms with Crippen molar-refractivity contribution in [3.8, 4) is 0 Å². The molecule has 1 atom stereocenters. The number of rotatable bonds is 7. The van der Waals surface area contributed by atoms with Gasteiger partial charge >= 0.3 is 0 Å². The van der Waals surface area contributed by atoms with Crippen molar-refractivity contribution in [1.29, 1.82) is 0 Å². The Labute approximate surface area is 125 Å². The molecule has 0 spiro atoms. The van der Waals surface area contributed by atoms with E-state index in [9.17, 15) is 4.79 Å². The summed E-state index contributed by atoms with van der Waals surface area (Å²) in [5.74, 6) is -0.0752. The minimum atomic E-state index is -0.540. The minimum Gasteiger partial charge on any atom is -0.396 e. The van der Waals surface area contributed by atoms with Gasteiger partial charge in [-0.2, -0.15) is 0 Å². The molecule has 0 aromatic carbocycles. The monoisotopic (exact) mass is 295 g/mol. The van der Waals surface area contributed by atoms with Crippen LogP contribution in [0.1, 0.15) is 37.6 Å². The van der Waals surface area contributed by atoms with Crippen LogP contribution in [-0.2, 0) is 28.9 Å². The van der Waals surface area contributed by atoms with Crippen molar-refractivity contribution in [3.63, 3.8) is 0 Å². The van der Waals surface area contributed by atoms with Crippen LogP contribution in [0.3, 0.4) is 0 Å². The van der Waals surface area contributed by atoms with Crippen LogP contribution < -0.4 is 5.32 Å². The lowest BCUT2D eigenvalue weighted by molar-refractivity contribution is -0.124. The van der Waals surface area contributed by atoms with E-state index >= 15 is 0 Å². The minimum absolute atomic E-state index is 0.0145. The first-order valence-corrected chi connectivity index (χ1v) is 7.51. The highest BCUT2D eigenvalue weighted by atomic mass is 16.5. The van der Waals surface area contributed by atoms with Crippen LogP contribution in [0.25, 0.3) is 0 Å². The lowest BCUT2D eigenvalue weighted by atomic mass is 9.99. The molecule has 0 bridgehead atoms. The molecule has 1 aliphatic rings. The third-order valence-electron chi connectivity index (χ3n) is 3.99. The number of ether oxygens (including phenoxy) is 1. The maximum Gasteiger partial charge on any atom is 0.240 e. The highest BCUT2D eigenvalue weighted by molar-refractivity contribution is 5.76. The molecule has 1 aromatic rings. The number of aliphatic hydroxyl groups is 1. The summed E-state index contributed by atoms with van der Waals surface area (Å²) in [6, 6.07) is 0. The summed E-state index contributed by atoms with van der Waals surface area (Å²) >= 11 is 0. The molecular weight excluding hydrogens is 270 g/mol. The summed E-state index contributed by atoms with van der Waals surface area (Å²) in [5, 5.41) is 12.1. The van der Waals surface area contributed by atoms with E-state index in [0.29, 0.717) is 13.0 Å². The molecule has 1 aliphatic carbocycles. The molecule has 1 heterocycles. The SMILES string of the molecule is COCC(C)(CCO)NC(=O)Cn1cnc2c1CCCC2. The predicted molar refractivity (Wildman–Crippen MR) is 79.0 cm³/mol. The number of carbonyl (C=O) groups is 1. The van der Waals surface area contributed by atoms with Gasteiger partial charge in [-0.25, -0.2) is 4.98 Å². The average Bonchev–Trinajstić information content (AvgIpc) is 2.82.